The third kappa shape index (κ3) is 3.85. The van der Waals surface area contributed by atoms with Gasteiger partial charge in [0.05, 0.1) is 6.10 Å². The van der Waals surface area contributed by atoms with Crippen LogP contribution in [0.2, 0.25) is 0 Å². The van der Waals surface area contributed by atoms with Gasteiger partial charge in [-0.3, -0.25) is 4.21 Å². The lowest BCUT2D eigenvalue weighted by molar-refractivity contribution is 0.0725. The Balaban J connectivity index is 2.44. The van der Waals surface area contributed by atoms with Gasteiger partial charge in [-0.1, -0.05) is 6.92 Å². The van der Waals surface area contributed by atoms with E-state index >= 15 is 0 Å². The number of nitrogens with two attached hydrogens (primary N) is 1. The molecule has 1 fully saturated rings. The van der Waals surface area contributed by atoms with Crippen LogP contribution in [0.3, 0.4) is 0 Å². The molecule has 2 N–H and O–H groups in total. The van der Waals surface area contributed by atoms with Crippen LogP contribution in [0.1, 0.15) is 39.0 Å². The van der Waals surface area contributed by atoms with Gasteiger partial charge in [-0.2, -0.15) is 0 Å². The minimum atomic E-state index is -0.733. The zero-order valence-corrected chi connectivity index (χ0v) is 10.6. The lowest BCUT2D eigenvalue weighted by Crippen LogP contribution is -2.33. The summed E-state index contributed by atoms with van der Waals surface area (Å²) in [5, 5.41) is 0.556. The normalized spacial score (nSPS) is 31.1. The molecule has 0 aromatic rings. The molecule has 4 unspecified atom stereocenters. The van der Waals surface area contributed by atoms with Crippen LogP contribution in [-0.4, -0.2) is 34.5 Å². The van der Waals surface area contributed by atoms with E-state index in [1.54, 1.807) is 7.11 Å². The van der Waals surface area contributed by atoms with Gasteiger partial charge < -0.3 is 10.5 Å². The molecule has 0 saturated heterocycles. The first-order chi connectivity index (χ1) is 7.19. The molecule has 0 radical (unpaired) electrons. The fraction of sp³-hybridized carbons (Fsp3) is 1.00. The van der Waals surface area contributed by atoms with E-state index in [4.69, 9.17) is 10.5 Å². The summed E-state index contributed by atoms with van der Waals surface area (Å²) in [7, 11) is 1.02. The first-order valence-corrected chi connectivity index (χ1v) is 7.09. The van der Waals surface area contributed by atoms with E-state index in [9.17, 15) is 4.21 Å². The van der Waals surface area contributed by atoms with Gasteiger partial charge in [-0.05, 0) is 38.6 Å². The maximum absolute atomic E-state index is 12.1. The predicted octanol–water partition coefficient (Wildman–Crippen LogP) is 1.43. The molecule has 0 spiro atoms. The number of hydrogen-bond donors (Lipinski definition) is 1. The second-order valence-electron chi connectivity index (χ2n) is 4.36. The van der Waals surface area contributed by atoms with E-state index in [0.29, 0.717) is 17.9 Å². The zero-order valence-electron chi connectivity index (χ0n) is 9.78. The van der Waals surface area contributed by atoms with Crippen molar-refractivity contribution in [2.75, 3.05) is 13.7 Å². The Morgan fingerprint density at radius 2 is 2.27 bits per heavy atom. The minimum Gasteiger partial charge on any atom is -0.381 e. The highest BCUT2D eigenvalue weighted by Crippen LogP contribution is 2.26. The zero-order chi connectivity index (χ0) is 11.3. The lowest BCUT2D eigenvalue weighted by Gasteiger charge is -2.29. The summed E-state index contributed by atoms with van der Waals surface area (Å²) < 4.78 is 17.5. The quantitative estimate of drug-likeness (QED) is 0.781. The van der Waals surface area contributed by atoms with Crippen LogP contribution in [0.4, 0.5) is 0 Å². The molecule has 0 heterocycles. The molecule has 1 aliphatic rings. The summed E-state index contributed by atoms with van der Waals surface area (Å²) in [6, 6.07) is 0. The summed E-state index contributed by atoms with van der Waals surface area (Å²) in [5.74, 6) is 0. The highest BCUT2D eigenvalue weighted by Gasteiger charge is 2.28. The molecular formula is C11H23NO2S. The van der Waals surface area contributed by atoms with Crippen molar-refractivity contribution in [2.45, 2.75) is 55.6 Å². The largest absolute Gasteiger partial charge is 0.381 e. The second-order valence-corrected chi connectivity index (χ2v) is 6.49. The van der Waals surface area contributed by atoms with E-state index in [1.165, 1.54) is 0 Å². The summed E-state index contributed by atoms with van der Waals surface area (Å²) >= 11 is 0. The van der Waals surface area contributed by atoms with Crippen LogP contribution in [0.15, 0.2) is 0 Å². The van der Waals surface area contributed by atoms with E-state index in [2.05, 4.69) is 0 Å². The van der Waals surface area contributed by atoms with Crippen LogP contribution < -0.4 is 5.73 Å². The smallest absolute Gasteiger partial charge is 0.0582 e. The number of hydrogen-bond acceptors (Lipinski definition) is 3. The van der Waals surface area contributed by atoms with Crippen LogP contribution in [0.25, 0.3) is 0 Å². The Kier molecular flexibility index (Phi) is 5.79. The molecular weight excluding hydrogens is 210 g/mol. The molecule has 90 valence electrons. The van der Waals surface area contributed by atoms with E-state index in [0.717, 1.165) is 32.1 Å². The monoisotopic (exact) mass is 233 g/mol. The van der Waals surface area contributed by atoms with Crippen molar-refractivity contribution in [1.82, 2.24) is 0 Å². The van der Waals surface area contributed by atoms with E-state index < -0.39 is 10.8 Å². The highest BCUT2D eigenvalue weighted by molar-refractivity contribution is 7.86. The molecule has 0 bridgehead atoms. The van der Waals surface area contributed by atoms with Crippen molar-refractivity contribution < 1.29 is 8.95 Å². The molecule has 3 nitrogen and oxygen atoms in total. The van der Waals surface area contributed by atoms with Gasteiger partial charge in [0.15, 0.2) is 0 Å². The number of ether oxygens (including phenoxy) is 1. The van der Waals surface area contributed by atoms with Crippen molar-refractivity contribution in [3.8, 4) is 0 Å². The van der Waals surface area contributed by atoms with Crippen molar-refractivity contribution >= 4 is 10.8 Å². The van der Waals surface area contributed by atoms with Gasteiger partial charge in [-0.25, -0.2) is 0 Å². The van der Waals surface area contributed by atoms with Gasteiger partial charge in [0.1, 0.15) is 0 Å². The number of rotatable bonds is 5. The average molecular weight is 233 g/mol. The van der Waals surface area contributed by atoms with Crippen LogP contribution >= 0.6 is 0 Å². The van der Waals surface area contributed by atoms with Crippen LogP contribution in [0.5, 0.6) is 0 Å². The summed E-state index contributed by atoms with van der Waals surface area (Å²) in [6.45, 7) is 2.67. The highest BCUT2D eigenvalue weighted by atomic mass is 32.2. The summed E-state index contributed by atoms with van der Waals surface area (Å²) in [5.41, 5.74) is 5.49. The van der Waals surface area contributed by atoms with Gasteiger partial charge in [0.25, 0.3) is 0 Å². The Labute approximate surface area is 95.2 Å². The topological polar surface area (TPSA) is 52.3 Å². The molecule has 1 aliphatic carbocycles. The first kappa shape index (κ1) is 13.1. The van der Waals surface area contributed by atoms with Crippen molar-refractivity contribution in [2.24, 2.45) is 5.73 Å². The molecule has 0 amide bonds. The summed E-state index contributed by atoms with van der Waals surface area (Å²) in [4.78, 5) is 0. The van der Waals surface area contributed by atoms with Crippen molar-refractivity contribution in [3.05, 3.63) is 0 Å². The number of methoxy groups -OCH3 is 1. The minimum absolute atomic E-state index is 0.232. The van der Waals surface area contributed by atoms with E-state index in [-0.39, 0.29) is 5.25 Å². The second kappa shape index (κ2) is 6.61. The van der Waals surface area contributed by atoms with Gasteiger partial charge in [0.2, 0.25) is 0 Å². The van der Waals surface area contributed by atoms with Crippen LogP contribution in [0, 0.1) is 0 Å². The van der Waals surface area contributed by atoms with E-state index in [1.807, 2.05) is 6.92 Å². The van der Waals surface area contributed by atoms with Gasteiger partial charge in [-0.15, -0.1) is 0 Å². The molecule has 0 aliphatic heterocycles. The fourth-order valence-corrected chi connectivity index (χ4v) is 4.04. The predicted molar refractivity (Wildman–Crippen MR) is 64.3 cm³/mol. The molecule has 15 heavy (non-hydrogen) atoms. The average Bonchev–Trinajstić information content (AvgIpc) is 2.28. The molecule has 4 atom stereocenters. The Morgan fingerprint density at radius 3 is 2.87 bits per heavy atom. The van der Waals surface area contributed by atoms with Crippen LogP contribution in [-0.2, 0) is 15.5 Å². The third-order valence-electron chi connectivity index (χ3n) is 3.21. The summed E-state index contributed by atoms with van der Waals surface area (Å²) in [6.07, 6.45) is 5.48. The van der Waals surface area contributed by atoms with Crippen molar-refractivity contribution in [3.63, 3.8) is 0 Å². The SMILES string of the molecule is COC1CCCC(S(=O)C(C)CCN)C1. The maximum atomic E-state index is 12.1. The first-order valence-electron chi connectivity index (χ1n) is 5.81. The Bertz CT molecular complexity index is 211. The van der Waals surface area contributed by atoms with Gasteiger partial charge in [0, 0.05) is 28.4 Å². The molecule has 1 saturated carbocycles. The molecule has 0 aromatic heterocycles. The molecule has 0 aromatic carbocycles. The van der Waals surface area contributed by atoms with Crippen molar-refractivity contribution in [1.29, 1.82) is 0 Å². The molecule has 1 rings (SSSR count). The Morgan fingerprint density at radius 1 is 1.53 bits per heavy atom. The lowest BCUT2D eigenvalue weighted by atomic mass is 9.97. The Hall–Kier alpha value is 0.0700. The fourth-order valence-electron chi connectivity index (χ4n) is 2.21. The van der Waals surface area contributed by atoms with Gasteiger partial charge >= 0.3 is 0 Å². The molecule has 4 heteroatoms. The standard InChI is InChI=1S/C11H23NO2S/c1-9(6-7-12)15(13)11-5-3-4-10(8-11)14-2/h9-11H,3-8,12H2,1-2H3. The maximum Gasteiger partial charge on any atom is 0.0582 e. The third-order valence-corrected chi connectivity index (χ3v) is 5.32.